The summed E-state index contributed by atoms with van der Waals surface area (Å²) in [6.45, 7) is 1.53. The first-order chi connectivity index (χ1) is 9.06. The average molecular weight is 260 g/mol. The molecule has 19 heavy (non-hydrogen) atoms. The van der Waals surface area contributed by atoms with Crippen molar-refractivity contribution >= 4 is 5.78 Å². The second-order valence-corrected chi connectivity index (χ2v) is 4.12. The highest BCUT2D eigenvalue weighted by Gasteiger charge is 1.99. The molecule has 0 aromatic heterocycles. The summed E-state index contributed by atoms with van der Waals surface area (Å²) in [7, 11) is 0. The summed E-state index contributed by atoms with van der Waals surface area (Å²) in [5.74, 6) is 7.81. The number of allylic oxidation sites excluding steroid dienone is 3. The molecule has 0 aliphatic heterocycles. The van der Waals surface area contributed by atoms with E-state index in [2.05, 4.69) is 17.8 Å². The van der Waals surface area contributed by atoms with Gasteiger partial charge < -0.3 is 15.0 Å². The molecular weight excluding hydrogens is 240 g/mol. The van der Waals surface area contributed by atoms with E-state index in [1.54, 1.807) is 24.3 Å². The van der Waals surface area contributed by atoms with E-state index in [9.17, 15) is 15.0 Å². The molecule has 0 unspecified atom stereocenters. The van der Waals surface area contributed by atoms with Crippen molar-refractivity contribution < 1.29 is 15.0 Å². The van der Waals surface area contributed by atoms with Crippen LogP contribution in [-0.2, 0) is 4.79 Å². The number of aliphatic hydroxyl groups excluding tert-OH is 2. The van der Waals surface area contributed by atoms with E-state index in [4.69, 9.17) is 6.42 Å². The minimum atomic E-state index is -0.708. The largest absolute Gasteiger partial charge is 0.388 e. The summed E-state index contributed by atoms with van der Waals surface area (Å²) in [5.41, 5.74) is 0. The molecule has 0 aromatic carbocycles. The molecule has 0 aliphatic carbocycles. The topological polar surface area (TPSA) is 57.5 Å². The van der Waals surface area contributed by atoms with Gasteiger partial charge in [-0.25, -0.2) is 0 Å². The Bertz CT molecular complexity index is 416. The van der Waals surface area contributed by atoms with Crippen LogP contribution in [0, 0.1) is 24.2 Å². The van der Waals surface area contributed by atoms with Gasteiger partial charge in [0.05, 0.1) is 6.10 Å². The van der Waals surface area contributed by atoms with Crippen molar-refractivity contribution in [1.82, 2.24) is 0 Å². The number of aliphatic hydroxyl groups is 2. The second kappa shape index (κ2) is 11.3. The summed E-state index contributed by atoms with van der Waals surface area (Å²) in [5, 5.41) is 18.7. The SMILES string of the molecule is C#CC[C@@H](O)/C=C/C=C/C#C[C@H](O)CCCC(C)=O. The van der Waals surface area contributed by atoms with Crippen LogP contribution in [0.4, 0.5) is 0 Å². The Hall–Kier alpha value is -1.81. The lowest BCUT2D eigenvalue weighted by Crippen LogP contribution is -2.03. The van der Waals surface area contributed by atoms with Gasteiger partial charge >= 0.3 is 0 Å². The van der Waals surface area contributed by atoms with Gasteiger partial charge in [0.2, 0.25) is 0 Å². The molecule has 0 aliphatic rings. The zero-order valence-corrected chi connectivity index (χ0v) is 11.2. The maximum atomic E-state index is 10.7. The maximum absolute atomic E-state index is 10.7. The fraction of sp³-hybridized carbons (Fsp3) is 0.438. The van der Waals surface area contributed by atoms with Gasteiger partial charge in [-0.2, -0.15) is 0 Å². The first kappa shape index (κ1) is 17.2. The molecule has 102 valence electrons. The predicted octanol–water partition coefficient (Wildman–Crippen LogP) is 1.61. The lowest BCUT2D eigenvalue weighted by Gasteiger charge is -2.00. The van der Waals surface area contributed by atoms with Crippen LogP contribution in [0.1, 0.15) is 32.6 Å². The lowest BCUT2D eigenvalue weighted by atomic mass is 10.1. The molecular formula is C16H20O3. The van der Waals surface area contributed by atoms with Gasteiger partial charge in [-0.1, -0.05) is 30.1 Å². The van der Waals surface area contributed by atoms with E-state index in [1.165, 1.54) is 6.92 Å². The van der Waals surface area contributed by atoms with E-state index in [0.29, 0.717) is 19.3 Å². The van der Waals surface area contributed by atoms with E-state index >= 15 is 0 Å². The number of terminal acetylenes is 1. The fourth-order valence-corrected chi connectivity index (χ4v) is 1.25. The van der Waals surface area contributed by atoms with Crippen molar-refractivity contribution in [2.24, 2.45) is 0 Å². The number of hydrogen-bond acceptors (Lipinski definition) is 3. The van der Waals surface area contributed by atoms with Gasteiger partial charge in [0.25, 0.3) is 0 Å². The van der Waals surface area contributed by atoms with E-state index < -0.39 is 12.2 Å². The summed E-state index contributed by atoms with van der Waals surface area (Å²) >= 11 is 0. The van der Waals surface area contributed by atoms with Gasteiger partial charge in [0.15, 0.2) is 0 Å². The summed E-state index contributed by atoms with van der Waals surface area (Å²) < 4.78 is 0. The highest BCUT2D eigenvalue weighted by Crippen LogP contribution is 2.00. The van der Waals surface area contributed by atoms with E-state index in [1.807, 2.05) is 0 Å². The van der Waals surface area contributed by atoms with Crippen molar-refractivity contribution in [2.75, 3.05) is 0 Å². The normalized spacial score (nSPS) is 13.8. The van der Waals surface area contributed by atoms with Crippen LogP contribution in [-0.4, -0.2) is 28.2 Å². The molecule has 0 saturated carbocycles. The van der Waals surface area contributed by atoms with Crippen LogP contribution in [0.15, 0.2) is 24.3 Å². The molecule has 2 atom stereocenters. The zero-order valence-electron chi connectivity index (χ0n) is 11.2. The number of rotatable bonds is 7. The molecule has 0 aromatic rings. The average Bonchev–Trinajstić information content (AvgIpc) is 2.33. The summed E-state index contributed by atoms with van der Waals surface area (Å²) in [4.78, 5) is 10.7. The molecule has 3 nitrogen and oxygen atoms in total. The van der Waals surface area contributed by atoms with Crippen LogP contribution in [0.5, 0.6) is 0 Å². The van der Waals surface area contributed by atoms with Crippen LogP contribution in [0.3, 0.4) is 0 Å². The Morgan fingerprint density at radius 2 is 2.11 bits per heavy atom. The number of Topliss-reactive ketones (excluding diaryl/α,β-unsaturated/α-hetero) is 1. The number of carbonyl (C=O) groups is 1. The number of ketones is 1. The van der Waals surface area contributed by atoms with Crippen molar-refractivity contribution in [3.8, 4) is 24.2 Å². The monoisotopic (exact) mass is 260 g/mol. The Labute approximate surface area is 115 Å². The Kier molecular flexibility index (Phi) is 10.2. The highest BCUT2D eigenvalue weighted by molar-refractivity contribution is 5.75. The molecule has 0 amide bonds. The van der Waals surface area contributed by atoms with Gasteiger partial charge in [0, 0.05) is 12.8 Å². The maximum Gasteiger partial charge on any atom is 0.129 e. The zero-order chi connectivity index (χ0) is 14.5. The third-order valence-corrected chi connectivity index (χ3v) is 2.21. The highest BCUT2D eigenvalue weighted by atomic mass is 16.3. The predicted molar refractivity (Wildman–Crippen MR) is 76.1 cm³/mol. The standard InChI is InChI=1S/C16H20O3/c1-3-9-15(18)11-6-4-5-7-12-16(19)13-8-10-14(2)17/h1,4-6,11,15-16,18-19H,8-10,13H2,2H3/b5-4+,11-6+/t15-,16+/m1/s1. The smallest absolute Gasteiger partial charge is 0.129 e. The van der Waals surface area contributed by atoms with Crippen molar-refractivity contribution in [3.63, 3.8) is 0 Å². The van der Waals surface area contributed by atoms with Crippen molar-refractivity contribution in [2.45, 2.75) is 44.8 Å². The number of carbonyl (C=O) groups excluding carboxylic acids is 1. The molecule has 0 radical (unpaired) electrons. The first-order valence-electron chi connectivity index (χ1n) is 6.19. The Balaban J connectivity index is 3.89. The molecule has 3 heteroatoms. The molecule has 0 bridgehead atoms. The molecule has 2 N–H and O–H groups in total. The molecule has 0 fully saturated rings. The van der Waals surface area contributed by atoms with Crippen LogP contribution in [0.2, 0.25) is 0 Å². The van der Waals surface area contributed by atoms with Crippen molar-refractivity contribution in [3.05, 3.63) is 24.3 Å². The molecule has 0 saturated heterocycles. The summed E-state index contributed by atoms with van der Waals surface area (Å²) in [6.07, 6.45) is 12.1. The van der Waals surface area contributed by atoms with Gasteiger partial charge in [-0.15, -0.1) is 12.3 Å². The van der Waals surface area contributed by atoms with E-state index in [0.717, 1.165) is 0 Å². The minimum Gasteiger partial charge on any atom is -0.388 e. The number of hydrogen-bond donors (Lipinski definition) is 2. The summed E-state index contributed by atoms with van der Waals surface area (Å²) in [6, 6.07) is 0. The van der Waals surface area contributed by atoms with Crippen molar-refractivity contribution in [1.29, 1.82) is 0 Å². The third-order valence-electron chi connectivity index (χ3n) is 2.21. The van der Waals surface area contributed by atoms with Gasteiger partial charge in [-0.3, -0.25) is 0 Å². The second-order valence-electron chi connectivity index (χ2n) is 4.12. The van der Waals surface area contributed by atoms with E-state index in [-0.39, 0.29) is 12.2 Å². The van der Waals surface area contributed by atoms with Crippen LogP contribution in [0.25, 0.3) is 0 Å². The van der Waals surface area contributed by atoms with Gasteiger partial charge in [-0.05, 0) is 25.8 Å². The third kappa shape index (κ3) is 12.4. The molecule has 0 spiro atoms. The quantitative estimate of drug-likeness (QED) is 0.540. The minimum absolute atomic E-state index is 0.121. The first-order valence-corrected chi connectivity index (χ1v) is 6.19. The Morgan fingerprint density at radius 1 is 1.37 bits per heavy atom. The molecule has 0 rings (SSSR count). The van der Waals surface area contributed by atoms with Gasteiger partial charge in [0.1, 0.15) is 11.9 Å². The van der Waals surface area contributed by atoms with Crippen LogP contribution < -0.4 is 0 Å². The molecule has 0 heterocycles. The lowest BCUT2D eigenvalue weighted by molar-refractivity contribution is -0.117. The van der Waals surface area contributed by atoms with Crippen LogP contribution >= 0.6 is 0 Å². The Morgan fingerprint density at radius 3 is 2.74 bits per heavy atom. The fourth-order valence-electron chi connectivity index (χ4n) is 1.25.